The molecule has 1 unspecified atom stereocenters. The number of rotatable bonds is 5. The number of aromatic nitrogens is 2. The van der Waals surface area contributed by atoms with Crippen molar-refractivity contribution in [2.75, 3.05) is 18.4 Å². The molecule has 2 heterocycles. The van der Waals surface area contributed by atoms with Crippen LogP contribution in [-0.4, -0.2) is 28.7 Å². The molecule has 128 valence electrons. The summed E-state index contributed by atoms with van der Waals surface area (Å²) in [7, 11) is 1.26. The highest BCUT2D eigenvalue weighted by Gasteiger charge is 2.29. The quantitative estimate of drug-likeness (QED) is 0.607. The summed E-state index contributed by atoms with van der Waals surface area (Å²) < 4.78 is 3.20. The summed E-state index contributed by atoms with van der Waals surface area (Å²) in [4.78, 5) is 10.9. The molecule has 6 nitrogen and oxygen atoms in total. The third kappa shape index (κ3) is 3.01. The van der Waals surface area contributed by atoms with E-state index in [-0.39, 0.29) is 6.61 Å². The van der Waals surface area contributed by atoms with E-state index in [1.165, 1.54) is 0 Å². The zero-order chi connectivity index (χ0) is 18.0. The number of fused-ring (bicyclic) bond motifs is 1. The van der Waals surface area contributed by atoms with E-state index in [9.17, 15) is 10.4 Å². The number of thiophene rings is 1. The first-order valence-electron chi connectivity index (χ1n) is 7.98. The average molecular weight is 354 g/mol. The zero-order valence-corrected chi connectivity index (χ0v) is 15.0. The van der Waals surface area contributed by atoms with E-state index in [1.54, 1.807) is 0 Å². The van der Waals surface area contributed by atoms with Crippen LogP contribution in [0.1, 0.15) is 21.7 Å². The van der Waals surface area contributed by atoms with Gasteiger partial charge in [-0.3, -0.25) is 0 Å². The van der Waals surface area contributed by atoms with E-state index in [0.29, 0.717) is 23.7 Å². The summed E-state index contributed by atoms with van der Waals surface area (Å²) in [5.41, 5.74) is 9.26. The van der Waals surface area contributed by atoms with Crippen LogP contribution < -0.4 is 10.5 Å². The van der Waals surface area contributed by atoms with Crippen LogP contribution in [0.15, 0.2) is 24.3 Å². The molecule has 2 aromatic heterocycles. The Balaban J connectivity index is 2.29. The summed E-state index contributed by atoms with van der Waals surface area (Å²) in [6.07, 6.45) is 0.426. The lowest BCUT2D eigenvalue weighted by Crippen LogP contribution is -2.01. The predicted molar refractivity (Wildman–Crippen MR) is 101 cm³/mol. The fraction of sp³-hybridized carbons (Fsp3) is 0.278. The van der Waals surface area contributed by atoms with E-state index in [2.05, 4.69) is 15.8 Å². The number of hydrogen-bond acceptors (Lipinski definition) is 6. The molecule has 1 atom stereocenters. The van der Waals surface area contributed by atoms with Gasteiger partial charge in [0.2, 0.25) is 0 Å². The van der Waals surface area contributed by atoms with Gasteiger partial charge in [-0.25, -0.2) is 4.98 Å². The number of hydrogen-bond donors (Lipinski definition) is 3. The Hall–Kier alpha value is -2.37. The third-order valence-corrected chi connectivity index (χ3v) is 6.06. The van der Waals surface area contributed by atoms with Crippen LogP contribution in [0.3, 0.4) is 0 Å². The van der Waals surface area contributed by atoms with Crippen molar-refractivity contribution in [1.29, 1.82) is 5.26 Å². The second kappa shape index (κ2) is 7.25. The largest absolute Gasteiger partial charge is 0.396 e. The van der Waals surface area contributed by atoms with E-state index >= 15 is 0 Å². The molecule has 0 aliphatic carbocycles. The minimum absolute atomic E-state index is 0.00248. The van der Waals surface area contributed by atoms with Gasteiger partial charge >= 0.3 is 0 Å². The number of benzene rings is 1. The van der Waals surface area contributed by atoms with E-state index in [0.717, 1.165) is 32.6 Å². The van der Waals surface area contributed by atoms with Gasteiger partial charge in [0, 0.05) is 37.7 Å². The lowest BCUT2D eigenvalue weighted by Gasteiger charge is -2.05. The van der Waals surface area contributed by atoms with Crippen LogP contribution in [0.2, 0.25) is 0 Å². The van der Waals surface area contributed by atoms with Crippen LogP contribution in [0.25, 0.3) is 21.6 Å². The minimum atomic E-state index is -0.565. The van der Waals surface area contributed by atoms with Gasteiger partial charge in [0.25, 0.3) is 9.71 Å². The van der Waals surface area contributed by atoms with Crippen LogP contribution in [0, 0.1) is 18.3 Å². The van der Waals surface area contributed by atoms with Gasteiger partial charge in [-0.2, -0.15) is 10.2 Å². The number of aryl methyl sites for hydroxylation is 1. The van der Waals surface area contributed by atoms with Gasteiger partial charge in [-0.1, -0.05) is 24.3 Å². The summed E-state index contributed by atoms with van der Waals surface area (Å²) in [6.45, 7) is 2.40. The summed E-state index contributed by atoms with van der Waals surface area (Å²) in [6, 6.07) is 10.1. The summed E-state index contributed by atoms with van der Waals surface area (Å²) in [5, 5.41) is 19.9. The van der Waals surface area contributed by atoms with Crippen molar-refractivity contribution in [3.05, 3.63) is 46.0 Å². The molecule has 1 aromatic carbocycles. The Morgan fingerprint density at radius 1 is 1.28 bits per heavy atom. The summed E-state index contributed by atoms with van der Waals surface area (Å²) in [5.74, 6) is 0.602. The van der Waals surface area contributed by atoms with Crippen LogP contribution in [-0.2, 0) is 13.0 Å². The topological polar surface area (TPSA) is 108 Å². The number of nitrogens with zero attached hydrogens (tertiary/aromatic N) is 3. The van der Waals surface area contributed by atoms with Crippen LogP contribution in [0.4, 0.5) is 0 Å². The maximum Gasteiger partial charge on any atom is 0.300 e. The van der Waals surface area contributed by atoms with Crippen molar-refractivity contribution in [1.82, 2.24) is 9.97 Å². The molecule has 0 aliphatic rings. The molecule has 3 rings (SSSR count). The average Bonchev–Trinajstić information content (AvgIpc) is 2.93. The van der Waals surface area contributed by atoms with Crippen molar-refractivity contribution in [2.24, 2.45) is 5.73 Å². The van der Waals surface area contributed by atoms with Gasteiger partial charge in [0.15, 0.2) is 11.9 Å². The lowest BCUT2D eigenvalue weighted by atomic mass is 10.1. The maximum absolute atomic E-state index is 9.52. The number of aliphatic hydroxyl groups excluding tert-OH is 1. The van der Waals surface area contributed by atoms with Gasteiger partial charge in [-0.15, -0.1) is 4.72 Å². The molecule has 3 aromatic rings. The normalized spacial score (nSPS) is 11.7. The Labute approximate surface area is 149 Å². The molecule has 0 aliphatic heterocycles. The van der Waals surface area contributed by atoms with Crippen molar-refractivity contribution in [2.45, 2.75) is 19.9 Å². The summed E-state index contributed by atoms with van der Waals surface area (Å²) >= 11 is 0. The highest BCUT2D eigenvalue weighted by Crippen LogP contribution is 2.39. The van der Waals surface area contributed by atoms with E-state index in [4.69, 9.17) is 10.7 Å². The van der Waals surface area contributed by atoms with Crippen LogP contribution >= 0.6 is 10.7 Å². The molecule has 0 amide bonds. The molecule has 0 saturated heterocycles. The number of aliphatic hydroxyl groups is 1. The standard InChI is InChI=1S/C18H20N5OS/c1-11-15(10-20)25(21-2)18-16(11)14(7-8-24)22-17(23-18)13-5-3-12(9-19)4-6-13/h3-6,21,24H,7-9,19H2,1-2H3/q+1. The minimum Gasteiger partial charge on any atom is -0.396 e. The molecule has 25 heavy (non-hydrogen) atoms. The number of nitrogens with one attached hydrogen (secondary N) is 1. The second-order valence-electron chi connectivity index (χ2n) is 5.62. The SMILES string of the molecule is CN[s+]1c(C#N)c(C)c2c(CCO)nc(-c3ccc(CN)cc3)nc21. The fourth-order valence-corrected chi connectivity index (χ4v) is 4.65. The number of nitriles is 1. The molecular weight excluding hydrogens is 334 g/mol. The molecule has 0 bridgehead atoms. The maximum atomic E-state index is 9.52. The highest BCUT2D eigenvalue weighted by atomic mass is 32.2. The van der Waals surface area contributed by atoms with Crippen molar-refractivity contribution < 1.29 is 5.11 Å². The molecule has 0 saturated carbocycles. The van der Waals surface area contributed by atoms with E-state index in [1.807, 2.05) is 38.2 Å². The zero-order valence-electron chi connectivity index (χ0n) is 14.2. The molecule has 0 radical (unpaired) electrons. The molecular formula is C18H20N5OS+. The van der Waals surface area contributed by atoms with E-state index < -0.39 is 10.7 Å². The fourth-order valence-electron chi connectivity index (χ4n) is 2.91. The Kier molecular flexibility index (Phi) is 5.06. The Morgan fingerprint density at radius 3 is 2.56 bits per heavy atom. The molecule has 7 heteroatoms. The third-order valence-electron chi connectivity index (χ3n) is 4.17. The molecule has 0 fully saturated rings. The predicted octanol–water partition coefficient (Wildman–Crippen LogP) is 2.39. The second-order valence-corrected chi connectivity index (χ2v) is 7.44. The first kappa shape index (κ1) is 17.5. The van der Waals surface area contributed by atoms with Crippen molar-refractivity contribution >= 4 is 20.9 Å². The van der Waals surface area contributed by atoms with Crippen molar-refractivity contribution in [3.8, 4) is 17.5 Å². The van der Waals surface area contributed by atoms with Crippen LogP contribution in [0.5, 0.6) is 0 Å². The van der Waals surface area contributed by atoms with Gasteiger partial charge in [-0.05, 0) is 12.5 Å². The Morgan fingerprint density at radius 2 is 2.00 bits per heavy atom. The Bertz CT molecular complexity index is 956. The number of nitrogens with two attached hydrogens (primary N) is 1. The van der Waals surface area contributed by atoms with Gasteiger partial charge < -0.3 is 10.8 Å². The lowest BCUT2D eigenvalue weighted by molar-refractivity contribution is 0.298. The van der Waals surface area contributed by atoms with Gasteiger partial charge in [0.05, 0.1) is 11.1 Å². The highest BCUT2D eigenvalue weighted by molar-refractivity contribution is 7.39. The van der Waals surface area contributed by atoms with Crippen molar-refractivity contribution in [3.63, 3.8) is 0 Å². The smallest absolute Gasteiger partial charge is 0.300 e. The first-order chi connectivity index (χ1) is 12.1. The molecule has 4 N–H and O–H groups in total. The van der Waals surface area contributed by atoms with Gasteiger partial charge in [0.1, 0.15) is 10.7 Å². The molecule has 0 spiro atoms. The first-order valence-corrected chi connectivity index (χ1v) is 9.21. The monoisotopic (exact) mass is 354 g/mol.